The van der Waals surface area contributed by atoms with Crippen LogP contribution in [-0.2, 0) is 13.0 Å². The average molecular weight is 334 g/mol. The molecular formula is C17H18N8. The molecule has 4 aromatic rings. The zero-order valence-corrected chi connectivity index (χ0v) is 13.8. The van der Waals surface area contributed by atoms with Gasteiger partial charge in [-0.1, -0.05) is 19.1 Å². The first-order valence-corrected chi connectivity index (χ1v) is 8.01. The van der Waals surface area contributed by atoms with Gasteiger partial charge in [0.2, 0.25) is 5.95 Å². The summed E-state index contributed by atoms with van der Waals surface area (Å²) in [5, 5.41) is 4.21. The molecule has 1 aromatic carbocycles. The van der Waals surface area contributed by atoms with Gasteiger partial charge in [0, 0.05) is 18.1 Å². The lowest BCUT2D eigenvalue weighted by Gasteiger charge is -2.09. The standard InChI is InChI=1S/C17H18N8/c1-2-12-8-11(4-5-13(12)18)9-24-10-20-14-15(24)22-17(19)23-16(14)25-7-3-6-21-25/h3-8,10H,2,9,18H2,1H3,(H2,19,22,23). The van der Waals surface area contributed by atoms with Crippen molar-refractivity contribution in [1.82, 2.24) is 29.3 Å². The van der Waals surface area contributed by atoms with Crippen molar-refractivity contribution < 1.29 is 0 Å². The number of aromatic nitrogens is 6. The average Bonchev–Trinajstić information content (AvgIpc) is 3.26. The normalized spacial score (nSPS) is 11.2. The molecule has 0 aliphatic carbocycles. The predicted molar refractivity (Wildman–Crippen MR) is 96.2 cm³/mol. The highest BCUT2D eigenvalue weighted by Gasteiger charge is 2.14. The first-order chi connectivity index (χ1) is 12.2. The third-order valence-electron chi connectivity index (χ3n) is 4.13. The van der Waals surface area contributed by atoms with E-state index < -0.39 is 0 Å². The Kier molecular flexibility index (Phi) is 3.57. The van der Waals surface area contributed by atoms with Crippen molar-refractivity contribution in [1.29, 1.82) is 0 Å². The van der Waals surface area contributed by atoms with Crippen LogP contribution in [-0.4, -0.2) is 29.3 Å². The number of hydrogen-bond acceptors (Lipinski definition) is 6. The second-order valence-corrected chi connectivity index (χ2v) is 5.79. The second kappa shape index (κ2) is 5.90. The molecular weight excluding hydrogens is 316 g/mol. The summed E-state index contributed by atoms with van der Waals surface area (Å²) in [6, 6.07) is 7.88. The zero-order chi connectivity index (χ0) is 17.4. The highest BCUT2D eigenvalue weighted by atomic mass is 15.3. The van der Waals surface area contributed by atoms with Gasteiger partial charge in [-0.2, -0.15) is 15.1 Å². The summed E-state index contributed by atoms with van der Waals surface area (Å²) in [7, 11) is 0. The minimum absolute atomic E-state index is 0.186. The van der Waals surface area contributed by atoms with Gasteiger partial charge >= 0.3 is 0 Å². The third kappa shape index (κ3) is 2.67. The fourth-order valence-electron chi connectivity index (χ4n) is 2.88. The summed E-state index contributed by atoms with van der Waals surface area (Å²) >= 11 is 0. The number of nitrogens with two attached hydrogens (primary N) is 2. The Morgan fingerprint density at radius 3 is 2.80 bits per heavy atom. The number of rotatable bonds is 4. The van der Waals surface area contributed by atoms with Gasteiger partial charge in [-0.05, 0) is 29.7 Å². The van der Waals surface area contributed by atoms with Crippen molar-refractivity contribution in [3.05, 3.63) is 54.1 Å². The van der Waals surface area contributed by atoms with Crippen molar-refractivity contribution in [2.45, 2.75) is 19.9 Å². The Morgan fingerprint density at radius 2 is 2.04 bits per heavy atom. The molecule has 0 aliphatic heterocycles. The second-order valence-electron chi connectivity index (χ2n) is 5.79. The Bertz CT molecular complexity index is 1030. The quantitative estimate of drug-likeness (QED) is 0.550. The van der Waals surface area contributed by atoms with Crippen LogP contribution in [0.15, 0.2) is 43.0 Å². The van der Waals surface area contributed by atoms with Gasteiger partial charge in [0.25, 0.3) is 0 Å². The van der Waals surface area contributed by atoms with Crippen molar-refractivity contribution in [3.8, 4) is 5.82 Å². The van der Waals surface area contributed by atoms with Crippen molar-refractivity contribution >= 4 is 22.8 Å². The summed E-state index contributed by atoms with van der Waals surface area (Å²) in [6.45, 7) is 2.71. The van der Waals surface area contributed by atoms with Crippen LogP contribution in [0.4, 0.5) is 11.6 Å². The molecule has 0 spiro atoms. The number of hydrogen-bond donors (Lipinski definition) is 2. The van der Waals surface area contributed by atoms with Crippen LogP contribution in [0.1, 0.15) is 18.1 Å². The number of fused-ring (bicyclic) bond motifs is 1. The van der Waals surface area contributed by atoms with E-state index in [9.17, 15) is 0 Å². The summed E-state index contributed by atoms with van der Waals surface area (Å²) in [6.07, 6.45) is 6.12. The molecule has 25 heavy (non-hydrogen) atoms. The molecule has 126 valence electrons. The molecule has 0 atom stereocenters. The molecule has 0 aliphatic rings. The number of benzene rings is 1. The van der Waals surface area contributed by atoms with Crippen LogP contribution in [0, 0.1) is 0 Å². The van der Waals surface area contributed by atoms with Crippen LogP contribution < -0.4 is 11.5 Å². The smallest absolute Gasteiger partial charge is 0.224 e. The Morgan fingerprint density at radius 1 is 1.16 bits per heavy atom. The van der Waals surface area contributed by atoms with Crippen molar-refractivity contribution in [2.75, 3.05) is 11.5 Å². The monoisotopic (exact) mass is 334 g/mol. The fourth-order valence-corrected chi connectivity index (χ4v) is 2.88. The van der Waals surface area contributed by atoms with E-state index in [4.69, 9.17) is 11.5 Å². The first-order valence-electron chi connectivity index (χ1n) is 8.01. The minimum atomic E-state index is 0.186. The van der Waals surface area contributed by atoms with E-state index in [0.717, 1.165) is 23.2 Å². The summed E-state index contributed by atoms with van der Waals surface area (Å²) in [4.78, 5) is 13.1. The number of anilines is 2. The summed E-state index contributed by atoms with van der Waals surface area (Å²) < 4.78 is 3.58. The minimum Gasteiger partial charge on any atom is -0.399 e. The zero-order valence-electron chi connectivity index (χ0n) is 13.8. The SMILES string of the molecule is CCc1cc(Cn2cnc3c(-n4cccn4)nc(N)nc32)ccc1N. The van der Waals surface area contributed by atoms with Crippen LogP contribution in [0.3, 0.4) is 0 Å². The Labute approximate surface area is 144 Å². The van der Waals surface area contributed by atoms with Gasteiger partial charge in [0.15, 0.2) is 17.0 Å². The molecule has 0 fully saturated rings. The largest absolute Gasteiger partial charge is 0.399 e. The van der Waals surface area contributed by atoms with E-state index in [-0.39, 0.29) is 5.95 Å². The highest BCUT2D eigenvalue weighted by Crippen LogP contribution is 2.21. The van der Waals surface area contributed by atoms with Gasteiger partial charge in [-0.15, -0.1) is 0 Å². The number of nitrogen functional groups attached to an aromatic ring is 2. The van der Waals surface area contributed by atoms with E-state index in [0.29, 0.717) is 23.5 Å². The molecule has 0 unspecified atom stereocenters. The Balaban J connectivity index is 1.79. The molecule has 8 nitrogen and oxygen atoms in total. The molecule has 0 bridgehead atoms. The van der Waals surface area contributed by atoms with E-state index >= 15 is 0 Å². The topological polar surface area (TPSA) is 113 Å². The van der Waals surface area contributed by atoms with Crippen molar-refractivity contribution in [2.24, 2.45) is 0 Å². The lowest BCUT2D eigenvalue weighted by molar-refractivity contribution is 0.810. The molecule has 4 N–H and O–H groups in total. The maximum atomic E-state index is 5.99. The van der Waals surface area contributed by atoms with Gasteiger partial charge in [0.05, 0.1) is 12.9 Å². The molecule has 4 rings (SSSR count). The molecule has 3 aromatic heterocycles. The lowest BCUT2D eigenvalue weighted by Crippen LogP contribution is -2.07. The third-order valence-corrected chi connectivity index (χ3v) is 4.13. The maximum Gasteiger partial charge on any atom is 0.224 e. The van der Waals surface area contributed by atoms with Gasteiger partial charge in [-0.3, -0.25) is 0 Å². The lowest BCUT2D eigenvalue weighted by atomic mass is 10.1. The number of aryl methyl sites for hydroxylation is 1. The van der Waals surface area contributed by atoms with Gasteiger partial charge in [-0.25, -0.2) is 9.67 Å². The molecule has 0 radical (unpaired) electrons. The molecule has 8 heteroatoms. The van der Waals surface area contributed by atoms with Crippen molar-refractivity contribution in [3.63, 3.8) is 0 Å². The molecule has 3 heterocycles. The van der Waals surface area contributed by atoms with Crippen LogP contribution in [0.25, 0.3) is 17.0 Å². The molecule has 0 amide bonds. The summed E-state index contributed by atoms with van der Waals surface area (Å²) in [5.74, 6) is 0.754. The number of imidazole rings is 1. The van der Waals surface area contributed by atoms with Crippen LogP contribution in [0.5, 0.6) is 0 Å². The fraction of sp³-hybridized carbons (Fsp3) is 0.176. The van der Waals surface area contributed by atoms with Gasteiger partial charge in [0.1, 0.15) is 0 Å². The molecule has 0 saturated heterocycles. The van der Waals surface area contributed by atoms with E-state index in [1.165, 1.54) is 0 Å². The van der Waals surface area contributed by atoms with E-state index in [1.807, 2.05) is 22.8 Å². The molecule has 0 saturated carbocycles. The van der Waals surface area contributed by atoms with E-state index in [1.54, 1.807) is 23.4 Å². The maximum absolute atomic E-state index is 5.99. The van der Waals surface area contributed by atoms with Gasteiger partial charge < -0.3 is 16.0 Å². The first kappa shape index (κ1) is 15.1. The highest BCUT2D eigenvalue weighted by molar-refractivity contribution is 5.79. The van der Waals surface area contributed by atoms with E-state index in [2.05, 4.69) is 33.0 Å². The predicted octanol–water partition coefficient (Wildman–Crippen LogP) is 1.79. The number of nitrogens with zero attached hydrogens (tertiary/aromatic N) is 6. The summed E-state index contributed by atoms with van der Waals surface area (Å²) in [5.41, 5.74) is 16.3. The Hall–Kier alpha value is -3.42. The van der Waals surface area contributed by atoms with Crippen LogP contribution >= 0.6 is 0 Å². The van der Waals surface area contributed by atoms with Crippen LogP contribution in [0.2, 0.25) is 0 Å².